The van der Waals surface area contributed by atoms with Crippen LogP contribution in [0.15, 0.2) is 54.7 Å². The number of pyridine rings is 1. The quantitative estimate of drug-likeness (QED) is 0.287. The summed E-state index contributed by atoms with van der Waals surface area (Å²) in [6, 6.07) is 13.1. The van der Waals surface area contributed by atoms with Crippen LogP contribution in [0.2, 0.25) is 0 Å². The van der Waals surface area contributed by atoms with Crippen molar-refractivity contribution in [3.63, 3.8) is 0 Å². The third-order valence-electron chi connectivity index (χ3n) is 6.90. The van der Waals surface area contributed by atoms with E-state index in [1.54, 1.807) is 24.4 Å². The molecule has 6 nitrogen and oxygen atoms in total. The summed E-state index contributed by atoms with van der Waals surface area (Å²) in [5.41, 5.74) is 1.33. The third-order valence-corrected chi connectivity index (χ3v) is 6.90. The third kappa shape index (κ3) is 6.33. The lowest BCUT2D eigenvalue weighted by molar-refractivity contribution is -0.0587. The molecule has 200 valence electrons. The molecule has 38 heavy (non-hydrogen) atoms. The fourth-order valence-corrected chi connectivity index (χ4v) is 4.68. The van der Waals surface area contributed by atoms with Crippen LogP contribution in [0.1, 0.15) is 54.1 Å². The fraction of sp³-hybridized carbons (Fsp3) is 0.345. The van der Waals surface area contributed by atoms with Gasteiger partial charge in [-0.3, -0.25) is 15.2 Å². The van der Waals surface area contributed by atoms with Gasteiger partial charge in [-0.15, -0.1) is 0 Å². The van der Waals surface area contributed by atoms with Gasteiger partial charge in [-0.2, -0.15) is 13.2 Å². The molecule has 1 aromatic heterocycles. The first kappa shape index (κ1) is 27.2. The number of nitrogens with zero attached hydrogens (tertiary/aromatic N) is 1. The van der Waals surface area contributed by atoms with Crippen molar-refractivity contribution >= 4 is 17.3 Å². The summed E-state index contributed by atoms with van der Waals surface area (Å²) >= 11 is 0. The maximum atomic E-state index is 13.0. The van der Waals surface area contributed by atoms with Crippen molar-refractivity contribution in [2.75, 3.05) is 12.4 Å². The van der Waals surface area contributed by atoms with Crippen LogP contribution >= 0.6 is 0 Å². The lowest BCUT2D eigenvalue weighted by atomic mass is 9.87. The molecule has 0 saturated heterocycles. The zero-order chi connectivity index (χ0) is 27.4. The predicted octanol–water partition coefficient (Wildman–Crippen LogP) is 7.13. The summed E-state index contributed by atoms with van der Waals surface area (Å²) in [7, 11) is 1.48. The molecular weight excluding hydrogens is 493 g/mol. The van der Waals surface area contributed by atoms with Crippen molar-refractivity contribution in [1.29, 1.82) is 5.41 Å². The molecular formula is C29H31F3N4O2. The predicted molar refractivity (Wildman–Crippen MR) is 142 cm³/mol. The fourth-order valence-electron chi connectivity index (χ4n) is 4.68. The van der Waals surface area contributed by atoms with Crippen LogP contribution in [0, 0.1) is 18.3 Å². The summed E-state index contributed by atoms with van der Waals surface area (Å²) in [5.74, 6) is 1.40. The van der Waals surface area contributed by atoms with Gasteiger partial charge < -0.3 is 15.4 Å². The normalized spacial score (nSPS) is 17.5. The highest BCUT2D eigenvalue weighted by Gasteiger charge is 2.36. The molecule has 1 fully saturated rings. The van der Waals surface area contributed by atoms with E-state index in [0.717, 1.165) is 36.8 Å². The van der Waals surface area contributed by atoms with Crippen LogP contribution in [-0.4, -0.2) is 35.9 Å². The Morgan fingerprint density at radius 2 is 1.68 bits per heavy atom. The number of aromatic nitrogens is 1. The molecule has 0 bridgehead atoms. The van der Waals surface area contributed by atoms with Gasteiger partial charge in [-0.05, 0) is 74.4 Å². The van der Waals surface area contributed by atoms with Crippen LogP contribution in [-0.2, 0) is 0 Å². The highest BCUT2D eigenvalue weighted by atomic mass is 19.4. The minimum Gasteiger partial charge on any atom is -0.457 e. The number of aryl methyl sites for hydroxylation is 1. The van der Waals surface area contributed by atoms with Gasteiger partial charge in [-0.1, -0.05) is 13.0 Å². The second-order valence-electron chi connectivity index (χ2n) is 9.77. The van der Waals surface area contributed by atoms with Gasteiger partial charge in [-0.25, -0.2) is 0 Å². The van der Waals surface area contributed by atoms with Gasteiger partial charge in [0.05, 0.1) is 5.69 Å². The average molecular weight is 525 g/mol. The van der Waals surface area contributed by atoms with Crippen LogP contribution in [0.3, 0.4) is 0 Å². The van der Waals surface area contributed by atoms with Crippen LogP contribution in [0.4, 0.5) is 18.9 Å². The van der Waals surface area contributed by atoms with Crippen LogP contribution in [0.5, 0.6) is 11.5 Å². The number of hydrogen-bond acceptors (Lipinski definition) is 5. The summed E-state index contributed by atoms with van der Waals surface area (Å²) in [4.78, 5) is 17.3. The Morgan fingerprint density at radius 1 is 1.00 bits per heavy atom. The summed E-state index contributed by atoms with van der Waals surface area (Å²) in [6.45, 7) is 4.14. The van der Waals surface area contributed by atoms with E-state index in [-0.39, 0.29) is 23.2 Å². The Kier molecular flexibility index (Phi) is 8.04. The van der Waals surface area contributed by atoms with Crippen molar-refractivity contribution in [1.82, 2.24) is 10.3 Å². The number of ether oxygens (including phenoxy) is 1. The number of amides is 1. The second-order valence-corrected chi connectivity index (χ2v) is 9.77. The first-order chi connectivity index (χ1) is 18.0. The Labute approximate surface area is 220 Å². The molecule has 0 aliphatic heterocycles. The number of alkyl halides is 3. The standard InChI is InChI=1S/C29H31F3N4O2/c1-17-4-7-20(8-5-17)36-28(37)23-10-6-19(14-18(23)2)25-15-22(12-13-35-25)38-21-9-11-24(26(16-21)34-3)27(33)29(30,31)32/h6,9-17,20,33-34H,4-5,7-8H2,1-3H3,(H,36,37). The number of carbonyl (C=O) groups excluding carboxylic acids is 1. The van der Waals surface area contributed by atoms with Gasteiger partial charge in [0.15, 0.2) is 0 Å². The number of carbonyl (C=O) groups is 1. The van der Waals surface area contributed by atoms with E-state index in [9.17, 15) is 18.0 Å². The monoisotopic (exact) mass is 524 g/mol. The molecule has 1 saturated carbocycles. The molecule has 9 heteroatoms. The van der Waals surface area contributed by atoms with Crippen LogP contribution < -0.4 is 15.4 Å². The topological polar surface area (TPSA) is 87.1 Å². The maximum Gasteiger partial charge on any atom is 0.433 e. The van der Waals surface area contributed by atoms with Crippen molar-refractivity contribution in [2.45, 2.75) is 51.7 Å². The molecule has 1 amide bonds. The lowest BCUT2D eigenvalue weighted by Gasteiger charge is -2.27. The Morgan fingerprint density at radius 3 is 2.34 bits per heavy atom. The zero-order valence-corrected chi connectivity index (χ0v) is 21.6. The van der Waals surface area contributed by atoms with Crippen molar-refractivity contribution < 1.29 is 22.7 Å². The van der Waals surface area contributed by atoms with E-state index in [2.05, 4.69) is 22.5 Å². The molecule has 4 rings (SSSR count). The van der Waals surface area contributed by atoms with Crippen molar-refractivity contribution in [3.8, 4) is 22.8 Å². The van der Waals surface area contributed by atoms with Crippen molar-refractivity contribution in [2.24, 2.45) is 5.92 Å². The lowest BCUT2D eigenvalue weighted by Crippen LogP contribution is -2.37. The molecule has 1 heterocycles. The highest BCUT2D eigenvalue weighted by Crippen LogP contribution is 2.32. The second kappa shape index (κ2) is 11.2. The Balaban J connectivity index is 1.49. The number of rotatable bonds is 7. The van der Waals surface area contributed by atoms with Gasteiger partial charge in [0.1, 0.15) is 17.2 Å². The molecule has 3 aromatic rings. The molecule has 1 aliphatic rings. The molecule has 0 radical (unpaired) electrons. The minimum absolute atomic E-state index is 0.0685. The number of hydrogen-bond donors (Lipinski definition) is 3. The number of halogens is 3. The average Bonchev–Trinajstić information content (AvgIpc) is 2.89. The largest absolute Gasteiger partial charge is 0.457 e. The van der Waals surface area contributed by atoms with Gasteiger partial charge in [0.25, 0.3) is 5.91 Å². The van der Waals surface area contributed by atoms with Gasteiger partial charge in [0, 0.05) is 53.8 Å². The summed E-state index contributed by atoms with van der Waals surface area (Å²) in [5, 5.41) is 13.3. The summed E-state index contributed by atoms with van der Waals surface area (Å²) < 4.78 is 44.9. The molecule has 0 spiro atoms. The maximum absolute atomic E-state index is 13.0. The number of benzene rings is 2. The SMILES string of the molecule is CNc1cc(Oc2ccnc(-c3ccc(C(=O)NC4CCC(C)CC4)c(C)c3)c2)ccc1C(=N)C(F)(F)F. The Bertz CT molecular complexity index is 1330. The first-order valence-electron chi connectivity index (χ1n) is 12.6. The van der Waals surface area contributed by atoms with E-state index in [1.165, 1.54) is 25.2 Å². The van der Waals surface area contributed by atoms with E-state index in [1.807, 2.05) is 19.1 Å². The summed E-state index contributed by atoms with van der Waals surface area (Å²) in [6.07, 6.45) is 1.10. The first-order valence-corrected chi connectivity index (χ1v) is 12.6. The Hall–Kier alpha value is -3.88. The molecule has 0 unspecified atom stereocenters. The van der Waals surface area contributed by atoms with Crippen molar-refractivity contribution in [3.05, 3.63) is 71.4 Å². The molecule has 0 atom stereocenters. The smallest absolute Gasteiger partial charge is 0.433 e. The van der Waals surface area contributed by atoms with Crippen LogP contribution in [0.25, 0.3) is 11.3 Å². The van der Waals surface area contributed by atoms with E-state index in [4.69, 9.17) is 10.1 Å². The molecule has 2 aromatic carbocycles. The zero-order valence-electron chi connectivity index (χ0n) is 21.6. The minimum atomic E-state index is -4.75. The van der Waals surface area contributed by atoms with Gasteiger partial charge in [0.2, 0.25) is 0 Å². The molecule has 1 aliphatic carbocycles. The van der Waals surface area contributed by atoms with E-state index in [0.29, 0.717) is 28.7 Å². The van der Waals surface area contributed by atoms with E-state index >= 15 is 0 Å². The number of anilines is 1. The highest BCUT2D eigenvalue weighted by molar-refractivity contribution is 6.06. The number of nitrogens with one attached hydrogen (secondary N) is 3. The molecule has 3 N–H and O–H groups in total. The van der Waals surface area contributed by atoms with E-state index < -0.39 is 11.9 Å². The van der Waals surface area contributed by atoms with Gasteiger partial charge >= 0.3 is 6.18 Å².